The number of hydrogen-bond acceptors (Lipinski definition) is 5. The Morgan fingerprint density at radius 1 is 1.50 bits per heavy atom. The number of halogens is 1. The van der Waals surface area contributed by atoms with Crippen LogP contribution in [0.25, 0.3) is 10.9 Å². The highest BCUT2D eigenvalue weighted by molar-refractivity contribution is 5.97. The summed E-state index contributed by atoms with van der Waals surface area (Å²) in [5.41, 5.74) is 2.72. The Morgan fingerprint density at radius 3 is 2.96 bits per heavy atom. The van der Waals surface area contributed by atoms with E-state index in [-0.39, 0.29) is 35.0 Å². The van der Waals surface area contributed by atoms with Gasteiger partial charge in [0.15, 0.2) is 11.6 Å². The lowest BCUT2D eigenvalue weighted by Crippen LogP contribution is -2.34. The molecule has 8 heteroatoms. The molecule has 1 saturated heterocycles. The van der Waals surface area contributed by atoms with Crippen molar-refractivity contribution in [1.82, 2.24) is 9.99 Å². The normalized spacial score (nSPS) is 19.6. The van der Waals surface area contributed by atoms with E-state index in [9.17, 15) is 19.1 Å². The lowest BCUT2D eigenvalue weighted by atomic mass is 10.1. The van der Waals surface area contributed by atoms with E-state index in [2.05, 4.69) is 5.43 Å². The van der Waals surface area contributed by atoms with Crippen LogP contribution >= 0.6 is 0 Å². The number of hydrogen-bond donors (Lipinski definition) is 2. The number of carboxylic acid groups (broad SMARTS) is 1. The highest BCUT2D eigenvalue weighted by atomic mass is 19.1. The molecule has 126 valence electrons. The lowest BCUT2D eigenvalue weighted by molar-refractivity contribution is 0.0694. The quantitative estimate of drug-likeness (QED) is 0.867. The number of pyridine rings is 1. The Hall–Kier alpha value is -2.61. The predicted octanol–water partition coefficient (Wildman–Crippen LogP) is 1.51. The zero-order valence-corrected chi connectivity index (χ0v) is 13.0. The Bertz CT molecular complexity index is 918. The van der Waals surface area contributed by atoms with Crippen molar-refractivity contribution >= 4 is 22.6 Å². The largest absolute Gasteiger partial charge is 0.487 e. The van der Waals surface area contributed by atoms with Gasteiger partial charge in [0.2, 0.25) is 5.43 Å². The SMILES string of the molecule is CC1COc2c(N3CCCN3)c(F)cc3c(=O)c(C(=O)O)cn1c23. The molecule has 1 aromatic heterocycles. The average molecular weight is 333 g/mol. The molecule has 0 radical (unpaired) electrons. The summed E-state index contributed by atoms with van der Waals surface area (Å²) in [5.74, 6) is -1.64. The Labute approximate surface area is 136 Å². The number of anilines is 1. The summed E-state index contributed by atoms with van der Waals surface area (Å²) >= 11 is 0. The second kappa shape index (κ2) is 5.20. The molecule has 2 aromatic rings. The molecular formula is C16H16FN3O4. The van der Waals surface area contributed by atoms with Gasteiger partial charge in [0.1, 0.15) is 17.9 Å². The van der Waals surface area contributed by atoms with Crippen LogP contribution < -0.4 is 20.6 Å². The fraction of sp³-hybridized carbons (Fsp3) is 0.375. The van der Waals surface area contributed by atoms with Crippen molar-refractivity contribution in [2.45, 2.75) is 19.4 Å². The van der Waals surface area contributed by atoms with Crippen LogP contribution in [0.3, 0.4) is 0 Å². The first-order valence-corrected chi connectivity index (χ1v) is 7.77. The minimum absolute atomic E-state index is 0.0249. The maximum atomic E-state index is 14.7. The van der Waals surface area contributed by atoms with Crippen LogP contribution in [-0.2, 0) is 0 Å². The number of nitrogens with zero attached hydrogens (tertiary/aromatic N) is 2. The lowest BCUT2D eigenvalue weighted by Gasteiger charge is -2.30. The van der Waals surface area contributed by atoms with Crippen LogP contribution in [0.1, 0.15) is 29.7 Å². The molecule has 7 nitrogen and oxygen atoms in total. The van der Waals surface area contributed by atoms with Gasteiger partial charge in [-0.15, -0.1) is 0 Å². The van der Waals surface area contributed by atoms with E-state index in [1.54, 1.807) is 9.58 Å². The van der Waals surface area contributed by atoms with Crippen LogP contribution in [0, 0.1) is 5.82 Å². The summed E-state index contributed by atoms with van der Waals surface area (Å²) in [7, 11) is 0. The van der Waals surface area contributed by atoms with Crippen molar-refractivity contribution in [3.05, 3.63) is 33.9 Å². The maximum absolute atomic E-state index is 14.7. The molecule has 0 aliphatic carbocycles. The first kappa shape index (κ1) is 14.9. The Kier molecular flexibility index (Phi) is 3.24. The Morgan fingerprint density at radius 2 is 2.29 bits per heavy atom. The van der Waals surface area contributed by atoms with Crippen molar-refractivity contribution < 1.29 is 19.0 Å². The van der Waals surface area contributed by atoms with Gasteiger partial charge in [-0.2, -0.15) is 0 Å². The molecule has 1 fully saturated rings. The monoisotopic (exact) mass is 333 g/mol. The molecule has 0 bridgehead atoms. The summed E-state index contributed by atoms with van der Waals surface area (Å²) in [6.45, 7) is 3.49. The molecule has 0 spiro atoms. The minimum Gasteiger partial charge on any atom is -0.487 e. The average Bonchev–Trinajstić information content (AvgIpc) is 3.06. The highest BCUT2D eigenvalue weighted by Crippen LogP contribution is 2.41. The third-order valence-electron chi connectivity index (χ3n) is 4.50. The third-order valence-corrected chi connectivity index (χ3v) is 4.50. The number of benzene rings is 1. The fourth-order valence-corrected chi connectivity index (χ4v) is 3.34. The molecule has 0 saturated carbocycles. The van der Waals surface area contributed by atoms with Crippen LogP contribution in [0.4, 0.5) is 10.1 Å². The number of ether oxygens (including phenoxy) is 1. The molecule has 1 aromatic carbocycles. The van der Waals surface area contributed by atoms with Crippen molar-refractivity contribution in [3.8, 4) is 5.75 Å². The molecule has 2 aliphatic rings. The number of carboxylic acids is 1. The van der Waals surface area contributed by atoms with Crippen molar-refractivity contribution in [2.75, 3.05) is 24.7 Å². The van der Waals surface area contributed by atoms with E-state index in [0.29, 0.717) is 12.1 Å². The van der Waals surface area contributed by atoms with Gasteiger partial charge < -0.3 is 19.4 Å². The highest BCUT2D eigenvalue weighted by Gasteiger charge is 2.30. The first-order valence-electron chi connectivity index (χ1n) is 7.77. The van der Waals surface area contributed by atoms with Gasteiger partial charge in [0.25, 0.3) is 0 Å². The summed E-state index contributed by atoms with van der Waals surface area (Å²) in [6, 6.07) is 0.949. The number of carbonyl (C=O) groups is 1. The van der Waals surface area contributed by atoms with Gasteiger partial charge in [-0.3, -0.25) is 4.79 Å². The Balaban J connectivity index is 2.11. The second-order valence-corrected chi connectivity index (χ2v) is 6.09. The number of aromatic nitrogens is 1. The molecule has 2 aliphatic heterocycles. The van der Waals surface area contributed by atoms with Crippen molar-refractivity contribution in [1.29, 1.82) is 0 Å². The van der Waals surface area contributed by atoms with Gasteiger partial charge >= 0.3 is 5.97 Å². The number of hydrazine groups is 1. The van der Waals surface area contributed by atoms with Gasteiger partial charge in [0.05, 0.1) is 16.9 Å². The molecule has 3 heterocycles. The van der Waals surface area contributed by atoms with E-state index in [1.165, 1.54) is 6.20 Å². The van der Waals surface area contributed by atoms with E-state index < -0.39 is 17.2 Å². The third kappa shape index (κ3) is 1.99. The molecule has 4 rings (SSSR count). The molecule has 24 heavy (non-hydrogen) atoms. The van der Waals surface area contributed by atoms with E-state index in [4.69, 9.17) is 4.74 Å². The standard InChI is InChI=1S/C16H16FN3O4/c1-8-7-24-15-12-9(14(21)10(16(22)23)6-19(8)12)5-11(17)13(15)20-4-2-3-18-20/h5-6,8,18H,2-4,7H2,1H3,(H,22,23). The topological polar surface area (TPSA) is 83.8 Å². The molecule has 0 amide bonds. The van der Waals surface area contributed by atoms with Gasteiger partial charge in [-0.25, -0.2) is 14.6 Å². The van der Waals surface area contributed by atoms with Crippen LogP contribution in [0.5, 0.6) is 5.75 Å². The summed E-state index contributed by atoms with van der Waals surface area (Å²) in [5, 5.41) is 11.0. The molecular weight excluding hydrogens is 317 g/mol. The summed E-state index contributed by atoms with van der Waals surface area (Å²) < 4.78 is 22.2. The predicted molar refractivity (Wildman–Crippen MR) is 85.3 cm³/mol. The van der Waals surface area contributed by atoms with Gasteiger partial charge in [0, 0.05) is 19.3 Å². The number of aromatic carboxylic acids is 1. The number of nitrogens with one attached hydrogen (secondary N) is 1. The van der Waals surface area contributed by atoms with Crippen LogP contribution in [-0.4, -0.2) is 35.3 Å². The molecule has 2 N–H and O–H groups in total. The second-order valence-electron chi connectivity index (χ2n) is 6.09. The number of rotatable bonds is 2. The minimum atomic E-state index is -1.32. The van der Waals surface area contributed by atoms with E-state index in [0.717, 1.165) is 19.0 Å². The van der Waals surface area contributed by atoms with Crippen molar-refractivity contribution in [3.63, 3.8) is 0 Å². The smallest absolute Gasteiger partial charge is 0.341 e. The van der Waals surface area contributed by atoms with Crippen molar-refractivity contribution in [2.24, 2.45) is 0 Å². The molecule has 1 atom stereocenters. The fourth-order valence-electron chi connectivity index (χ4n) is 3.34. The summed E-state index contributed by atoms with van der Waals surface area (Å²) in [4.78, 5) is 23.8. The maximum Gasteiger partial charge on any atom is 0.341 e. The first-order chi connectivity index (χ1) is 11.5. The molecule has 1 unspecified atom stereocenters. The summed E-state index contributed by atoms with van der Waals surface area (Å²) in [6.07, 6.45) is 2.20. The van der Waals surface area contributed by atoms with Gasteiger partial charge in [-0.1, -0.05) is 0 Å². The van der Waals surface area contributed by atoms with E-state index in [1.807, 2.05) is 6.92 Å². The zero-order chi connectivity index (χ0) is 17.0. The van der Waals surface area contributed by atoms with Crippen LogP contribution in [0.2, 0.25) is 0 Å². The van der Waals surface area contributed by atoms with Crippen LogP contribution in [0.15, 0.2) is 17.1 Å². The van der Waals surface area contributed by atoms with E-state index >= 15 is 0 Å². The van der Waals surface area contributed by atoms with Gasteiger partial charge in [-0.05, 0) is 19.4 Å². The zero-order valence-electron chi connectivity index (χ0n) is 13.0.